The maximum absolute atomic E-state index is 10.4. The molecule has 2 N–H and O–H groups in total. The molecular weight excluding hydrogens is 352 g/mol. The molecule has 0 amide bonds. The predicted octanol–water partition coefficient (Wildman–Crippen LogP) is 3.12. The number of nitrogens with one attached hydrogen (secondary N) is 1. The lowest BCUT2D eigenvalue weighted by molar-refractivity contribution is 0.351. The molecule has 2 aliphatic heterocycles. The molecule has 0 unspecified atom stereocenters. The second-order valence-electron chi connectivity index (χ2n) is 8.00. The number of piperidine rings is 1. The minimum absolute atomic E-state index is 0.135. The number of hydrogen-bond acceptors (Lipinski definition) is 6. The Bertz CT molecular complexity index is 1030. The number of hydrogen-bond donors (Lipinski definition) is 2. The van der Waals surface area contributed by atoms with Gasteiger partial charge in [-0.3, -0.25) is 0 Å². The van der Waals surface area contributed by atoms with Crippen LogP contribution in [0.4, 0.5) is 0 Å². The minimum Gasteiger partial charge on any atom is -0.507 e. The molecule has 0 aliphatic carbocycles. The van der Waals surface area contributed by atoms with E-state index in [0.29, 0.717) is 23.1 Å². The van der Waals surface area contributed by atoms with Crippen molar-refractivity contribution >= 4 is 6.08 Å². The molecule has 2 aliphatic rings. The Morgan fingerprint density at radius 1 is 1.32 bits per heavy atom. The number of phenolic OH excluding ortho intramolecular Hbond substituents is 1. The molecule has 142 valence electrons. The molecule has 0 saturated carbocycles. The maximum atomic E-state index is 10.4. The Hall–Kier alpha value is -3.06. The van der Waals surface area contributed by atoms with Gasteiger partial charge in [0.2, 0.25) is 0 Å². The number of fused-ring (bicyclic) bond motifs is 2. The Morgan fingerprint density at radius 2 is 2.25 bits per heavy atom. The average Bonchev–Trinajstić information content (AvgIpc) is 3.30. The van der Waals surface area contributed by atoms with Crippen molar-refractivity contribution in [1.82, 2.24) is 30.0 Å². The van der Waals surface area contributed by atoms with E-state index < -0.39 is 0 Å². The van der Waals surface area contributed by atoms with Crippen molar-refractivity contribution in [2.45, 2.75) is 44.2 Å². The van der Waals surface area contributed by atoms with Crippen LogP contribution in [0.5, 0.6) is 5.75 Å². The Labute approximate surface area is 163 Å². The van der Waals surface area contributed by atoms with Gasteiger partial charge < -0.3 is 15.0 Å². The number of phenols is 1. The van der Waals surface area contributed by atoms with E-state index in [9.17, 15) is 5.11 Å². The molecule has 1 aromatic carbocycles. The molecule has 0 radical (unpaired) electrons. The second-order valence-corrected chi connectivity index (χ2v) is 8.00. The molecule has 28 heavy (non-hydrogen) atoms. The largest absolute Gasteiger partial charge is 0.507 e. The first-order chi connectivity index (χ1) is 13.6. The highest BCUT2D eigenvalue weighted by atomic mass is 16.3. The van der Waals surface area contributed by atoms with Gasteiger partial charge in [0.05, 0.1) is 18.2 Å². The van der Waals surface area contributed by atoms with E-state index in [0.717, 1.165) is 18.5 Å². The van der Waals surface area contributed by atoms with Crippen LogP contribution in [-0.2, 0) is 0 Å². The number of aromatic hydroxyl groups is 1. The van der Waals surface area contributed by atoms with Crippen LogP contribution in [0, 0.1) is 0 Å². The first-order valence-corrected chi connectivity index (χ1v) is 9.57. The summed E-state index contributed by atoms with van der Waals surface area (Å²) in [6, 6.07) is 5.97. The van der Waals surface area contributed by atoms with Crippen LogP contribution in [0.2, 0.25) is 0 Å². The van der Waals surface area contributed by atoms with Crippen LogP contribution in [0.3, 0.4) is 0 Å². The highest BCUT2D eigenvalue weighted by Crippen LogP contribution is 2.38. The molecule has 5 rings (SSSR count). The van der Waals surface area contributed by atoms with Crippen molar-refractivity contribution in [3.8, 4) is 22.7 Å². The predicted molar refractivity (Wildman–Crippen MR) is 106 cm³/mol. The van der Waals surface area contributed by atoms with Gasteiger partial charge in [0.15, 0.2) is 5.82 Å². The number of imidazole rings is 1. The zero-order valence-electron chi connectivity index (χ0n) is 15.7. The molecule has 2 aromatic heterocycles. The van der Waals surface area contributed by atoms with Crippen molar-refractivity contribution in [3.63, 3.8) is 0 Å². The first-order valence-electron chi connectivity index (χ1n) is 9.57. The number of rotatable bonds is 3. The number of aromatic nitrogens is 5. The van der Waals surface area contributed by atoms with E-state index in [1.165, 1.54) is 18.4 Å². The lowest BCUT2D eigenvalue weighted by Crippen LogP contribution is -2.44. The summed E-state index contributed by atoms with van der Waals surface area (Å²) in [4.78, 5) is 8.48. The number of nitrogens with zero attached hydrogens (tertiary/aromatic N) is 5. The monoisotopic (exact) mass is 374 g/mol. The summed E-state index contributed by atoms with van der Waals surface area (Å²) in [5.41, 5.74) is 3.58. The Balaban J connectivity index is 1.38. The van der Waals surface area contributed by atoms with Gasteiger partial charge >= 0.3 is 0 Å². The maximum Gasteiger partial charge on any atom is 0.174 e. The molecule has 4 heterocycles. The lowest BCUT2D eigenvalue weighted by atomic mass is 9.89. The smallest absolute Gasteiger partial charge is 0.174 e. The van der Waals surface area contributed by atoms with Crippen LogP contribution in [0.25, 0.3) is 23.0 Å². The summed E-state index contributed by atoms with van der Waals surface area (Å²) < 4.78 is 1.83. The standard InChI is InChI=1S/C21H22N6O/c1-21-5-4-15(24-21)8-14(11-21)9-20-23-12-18(25-26-20)17-3-2-16(10-19(17)28)27-7-6-22-13-27/h2-3,6-7,9-10,12-13,15,24,28H,4-5,8,11H2,1H3/b14-9+/t15-,21+/m1/s1. The third-order valence-corrected chi connectivity index (χ3v) is 5.70. The van der Waals surface area contributed by atoms with Gasteiger partial charge in [0.1, 0.15) is 11.4 Å². The fourth-order valence-electron chi connectivity index (χ4n) is 4.39. The fraction of sp³-hybridized carbons (Fsp3) is 0.333. The highest BCUT2D eigenvalue weighted by molar-refractivity contribution is 5.68. The quantitative estimate of drug-likeness (QED) is 0.732. The van der Waals surface area contributed by atoms with Gasteiger partial charge in [-0.1, -0.05) is 5.57 Å². The molecule has 2 saturated heterocycles. The van der Waals surface area contributed by atoms with Gasteiger partial charge in [-0.15, -0.1) is 10.2 Å². The summed E-state index contributed by atoms with van der Waals surface area (Å²) >= 11 is 0. The first kappa shape index (κ1) is 17.1. The van der Waals surface area contributed by atoms with E-state index in [1.807, 2.05) is 22.9 Å². The SMILES string of the molecule is C[C@]12CC[C@H](C/C(=C\c3ncc(-c4ccc(-n5ccnc5)cc4O)nn3)C1)N2. The fourth-order valence-corrected chi connectivity index (χ4v) is 4.39. The van der Waals surface area contributed by atoms with E-state index in [4.69, 9.17) is 0 Å². The van der Waals surface area contributed by atoms with Crippen molar-refractivity contribution in [2.75, 3.05) is 0 Å². The summed E-state index contributed by atoms with van der Waals surface area (Å²) in [5, 5.41) is 22.7. The molecule has 0 spiro atoms. The van der Waals surface area contributed by atoms with Gasteiger partial charge in [-0.25, -0.2) is 9.97 Å². The van der Waals surface area contributed by atoms with E-state index in [2.05, 4.69) is 38.5 Å². The topological polar surface area (TPSA) is 88.8 Å². The van der Waals surface area contributed by atoms with E-state index in [1.54, 1.807) is 24.8 Å². The van der Waals surface area contributed by atoms with Crippen LogP contribution in [0.15, 0.2) is 48.7 Å². The number of benzene rings is 1. The van der Waals surface area contributed by atoms with E-state index >= 15 is 0 Å². The molecule has 7 heteroatoms. The van der Waals surface area contributed by atoms with Crippen molar-refractivity contribution in [2.24, 2.45) is 0 Å². The second kappa shape index (κ2) is 6.53. The molecule has 2 atom stereocenters. The molecule has 3 aromatic rings. The van der Waals surface area contributed by atoms with Gasteiger partial charge in [-0.2, -0.15) is 0 Å². The zero-order valence-corrected chi connectivity index (χ0v) is 15.7. The van der Waals surface area contributed by atoms with Gasteiger partial charge in [0.25, 0.3) is 0 Å². The summed E-state index contributed by atoms with van der Waals surface area (Å²) in [5.74, 6) is 0.759. The van der Waals surface area contributed by atoms with Crippen LogP contribution < -0.4 is 5.32 Å². The highest BCUT2D eigenvalue weighted by Gasteiger charge is 2.39. The van der Waals surface area contributed by atoms with E-state index in [-0.39, 0.29) is 11.3 Å². The van der Waals surface area contributed by atoms with Crippen molar-refractivity contribution in [3.05, 3.63) is 54.5 Å². The van der Waals surface area contributed by atoms with Crippen LogP contribution in [-0.4, -0.2) is 41.4 Å². The Kier molecular flexibility index (Phi) is 3.98. The molecule has 2 bridgehead atoms. The summed E-state index contributed by atoms with van der Waals surface area (Å²) in [6.07, 6.45) is 13.5. The van der Waals surface area contributed by atoms with Crippen LogP contribution in [0.1, 0.15) is 38.4 Å². The summed E-state index contributed by atoms with van der Waals surface area (Å²) in [6.45, 7) is 2.29. The minimum atomic E-state index is 0.135. The zero-order chi connectivity index (χ0) is 19.1. The average molecular weight is 374 g/mol. The third-order valence-electron chi connectivity index (χ3n) is 5.70. The molecule has 7 nitrogen and oxygen atoms in total. The third kappa shape index (κ3) is 3.18. The summed E-state index contributed by atoms with van der Waals surface area (Å²) in [7, 11) is 0. The molecular formula is C21H22N6O. The Morgan fingerprint density at radius 3 is 2.96 bits per heavy atom. The van der Waals surface area contributed by atoms with Crippen LogP contribution >= 0.6 is 0 Å². The normalized spacial score (nSPS) is 25.3. The van der Waals surface area contributed by atoms with Gasteiger partial charge in [0, 0.05) is 35.6 Å². The lowest BCUT2D eigenvalue weighted by Gasteiger charge is -2.32. The van der Waals surface area contributed by atoms with Crippen molar-refractivity contribution in [1.29, 1.82) is 0 Å². The van der Waals surface area contributed by atoms with Gasteiger partial charge in [-0.05, 0) is 50.8 Å². The molecule has 2 fully saturated rings. The van der Waals surface area contributed by atoms with Crippen molar-refractivity contribution < 1.29 is 5.11 Å².